The van der Waals surface area contributed by atoms with Crippen molar-refractivity contribution in [2.75, 3.05) is 38.4 Å². The van der Waals surface area contributed by atoms with Crippen LogP contribution in [-0.4, -0.2) is 82.3 Å². The van der Waals surface area contributed by atoms with Gasteiger partial charge >= 0.3 is 12.6 Å². The third-order valence-corrected chi connectivity index (χ3v) is 8.60. The maximum absolute atomic E-state index is 16.0. The number of rotatable bonds is 10. The van der Waals surface area contributed by atoms with Crippen LogP contribution in [0.5, 0.6) is 5.75 Å². The summed E-state index contributed by atoms with van der Waals surface area (Å²) in [7, 11) is 4.77. The summed E-state index contributed by atoms with van der Waals surface area (Å²) >= 11 is 5.65. The molecule has 0 bridgehead atoms. The number of nitrogens with zero attached hydrogens (tertiary/aromatic N) is 5. The van der Waals surface area contributed by atoms with E-state index in [1.165, 1.54) is 24.9 Å². The van der Waals surface area contributed by atoms with E-state index in [2.05, 4.69) is 20.0 Å². The third kappa shape index (κ3) is 5.98. The molecule has 0 amide bonds. The number of hydrogen-bond donors (Lipinski definition) is 3. The van der Waals surface area contributed by atoms with E-state index in [1.54, 1.807) is 56.3 Å². The lowest BCUT2D eigenvalue weighted by Crippen LogP contribution is -2.41. The van der Waals surface area contributed by atoms with Crippen LogP contribution in [0, 0.1) is 0 Å². The van der Waals surface area contributed by atoms with E-state index in [0.717, 1.165) is 0 Å². The maximum Gasteiger partial charge on any atom is 0.323 e. The Balaban J connectivity index is 1.59. The number of esters is 1. The van der Waals surface area contributed by atoms with Crippen molar-refractivity contribution in [1.82, 2.24) is 24.6 Å². The number of halogens is 1. The molecule has 212 valence electrons. The number of anilines is 2. The van der Waals surface area contributed by atoms with Crippen LogP contribution >= 0.6 is 6.64 Å². The minimum Gasteiger partial charge on any atom is -0.468 e. The third-order valence-electron chi connectivity index (χ3n) is 6.10. The molecule has 1 saturated heterocycles. The monoisotopic (exact) mass is 583 g/mol. The number of aliphatic hydroxyl groups excluding tert-OH is 1. The lowest BCUT2D eigenvalue weighted by molar-refractivity contribution is -0.142. The molecule has 3 aromatic rings. The molecule has 39 heavy (non-hydrogen) atoms. The predicted molar refractivity (Wildman–Crippen MR) is 145 cm³/mol. The van der Waals surface area contributed by atoms with E-state index in [0.29, 0.717) is 17.1 Å². The number of carbonyl (C=O) groups excluding carboxylic acids is 1. The molecule has 2 aromatic heterocycles. The second-order valence-electron chi connectivity index (χ2n) is 9.32. The quantitative estimate of drug-likeness (QED) is 0.235. The number of fused-ring (bicyclic) bond motifs is 1. The minimum absolute atomic E-state index is 0.0310. The topological polar surface area (TPSA) is 159 Å². The van der Waals surface area contributed by atoms with Crippen molar-refractivity contribution in [2.45, 2.75) is 44.0 Å². The zero-order valence-corrected chi connectivity index (χ0v) is 23.7. The van der Waals surface area contributed by atoms with Crippen molar-refractivity contribution < 1.29 is 32.8 Å². The van der Waals surface area contributed by atoms with Gasteiger partial charge in [-0.05, 0) is 37.8 Å². The van der Waals surface area contributed by atoms with Crippen molar-refractivity contribution in [3.8, 4) is 5.75 Å². The number of imidazole rings is 1. The van der Waals surface area contributed by atoms with Crippen molar-refractivity contribution >= 4 is 47.3 Å². The number of aromatic nitrogens is 4. The summed E-state index contributed by atoms with van der Waals surface area (Å²) in [4.78, 5) is 26.5. The number of alkyl halides is 1. The first-order valence-electron chi connectivity index (χ1n) is 11.9. The second-order valence-corrected chi connectivity index (χ2v) is 12.5. The molecule has 0 aliphatic carbocycles. The number of methoxy groups -OCH3 is 1. The fraction of sp³-hybridized carbons (Fsp3) is 0.478. The number of nitrogens with two attached hydrogens (primary N) is 1. The first-order valence-corrected chi connectivity index (χ1v) is 14.5. The van der Waals surface area contributed by atoms with Gasteiger partial charge in [0.25, 0.3) is 0 Å². The number of para-hydroxylation sites is 1. The molecule has 13 nitrogen and oxygen atoms in total. The zero-order valence-electron chi connectivity index (χ0n) is 22.0. The number of nitrogens with one attached hydrogen (secondary N) is 1. The summed E-state index contributed by atoms with van der Waals surface area (Å²) < 4.78 is 39.9. The van der Waals surface area contributed by atoms with Crippen molar-refractivity contribution in [3.63, 3.8) is 0 Å². The summed E-state index contributed by atoms with van der Waals surface area (Å²) in [6.45, 7) is -1.02. The summed E-state index contributed by atoms with van der Waals surface area (Å²) in [5.41, 5.74) is 4.22. The Labute approximate surface area is 229 Å². The lowest BCUT2D eigenvalue weighted by Gasteiger charge is -2.27. The van der Waals surface area contributed by atoms with E-state index in [1.807, 2.05) is 0 Å². The van der Waals surface area contributed by atoms with E-state index in [4.69, 9.17) is 36.1 Å². The fourth-order valence-corrected chi connectivity index (χ4v) is 6.52. The Morgan fingerprint density at radius 2 is 2.08 bits per heavy atom. The molecule has 16 heteroatoms. The van der Waals surface area contributed by atoms with Gasteiger partial charge in [-0.3, -0.25) is 9.36 Å². The van der Waals surface area contributed by atoms with Crippen LogP contribution in [0.2, 0.25) is 0 Å². The van der Waals surface area contributed by atoms with Gasteiger partial charge < -0.3 is 34.3 Å². The Bertz CT molecular complexity index is 1380. The van der Waals surface area contributed by atoms with E-state index in [9.17, 15) is 9.90 Å². The number of nitrogen functional groups attached to an aromatic ring is 1. The average Bonchev–Trinajstić information content (AvgIpc) is 3.39. The minimum atomic E-state index is -3.42. The van der Waals surface area contributed by atoms with Crippen LogP contribution in [0.1, 0.15) is 20.1 Å². The molecule has 4 rings (SSSR count). The molecule has 1 aliphatic rings. The second kappa shape index (κ2) is 11.3. The predicted octanol–water partition coefficient (Wildman–Crippen LogP) is 1.93. The van der Waals surface area contributed by atoms with Gasteiger partial charge in [-0.15, -0.1) is 0 Å². The van der Waals surface area contributed by atoms with Crippen LogP contribution in [0.4, 0.5) is 16.2 Å². The molecule has 0 unspecified atom stereocenters. The Kier molecular flexibility index (Phi) is 8.40. The maximum atomic E-state index is 16.0. The van der Waals surface area contributed by atoms with Crippen molar-refractivity contribution in [2.24, 2.45) is 0 Å². The zero-order chi connectivity index (χ0) is 28.5. The highest BCUT2D eigenvalue weighted by atomic mass is 32.5. The van der Waals surface area contributed by atoms with Gasteiger partial charge in [0.15, 0.2) is 28.9 Å². The Morgan fingerprint density at radius 1 is 1.38 bits per heavy atom. The van der Waals surface area contributed by atoms with E-state index in [-0.39, 0.29) is 18.2 Å². The number of hydrogen-bond acceptors (Lipinski definition) is 12. The first kappa shape index (κ1) is 29.1. The Morgan fingerprint density at radius 3 is 2.72 bits per heavy atom. The van der Waals surface area contributed by atoms with Crippen LogP contribution in [0.3, 0.4) is 0 Å². The number of benzene rings is 1. The van der Waals surface area contributed by atoms with Crippen LogP contribution in [0.25, 0.3) is 11.2 Å². The molecule has 0 saturated carbocycles. The van der Waals surface area contributed by atoms with Gasteiger partial charge in [0.05, 0.1) is 20.0 Å². The first-order chi connectivity index (χ1) is 18.4. The average molecular weight is 584 g/mol. The summed E-state index contributed by atoms with van der Waals surface area (Å²) in [6.07, 6.45) is -2.75. The molecule has 3 heterocycles. The normalized spacial score (nSPS) is 25.3. The van der Waals surface area contributed by atoms with Gasteiger partial charge in [0.2, 0.25) is 5.95 Å². The fourth-order valence-electron chi connectivity index (χ4n) is 4.10. The molecular weight excluding hydrogens is 552 g/mol. The summed E-state index contributed by atoms with van der Waals surface area (Å²) in [6, 6.07) is 7.76. The molecule has 1 aromatic carbocycles. The highest BCUT2D eigenvalue weighted by Crippen LogP contribution is 2.48. The molecular formula is C23H31FN7O6PS. The van der Waals surface area contributed by atoms with E-state index < -0.39 is 42.8 Å². The number of carbonyl (C=O) groups is 1. The van der Waals surface area contributed by atoms with E-state index >= 15 is 4.39 Å². The van der Waals surface area contributed by atoms with Gasteiger partial charge in [0.1, 0.15) is 24.0 Å². The van der Waals surface area contributed by atoms with Crippen LogP contribution in [0.15, 0.2) is 36.7 Å². The molecule has 1 fully saturated rings. The highest BCUT2D eigenvalue weighted by molar-refractivity contribution is 8.09. The Hall–Kier alpha value is -2.94. The number of aliphatic hydroxyl groups is 1. The standard InChI is InChI=1S/C23H31FN7O6PS/c1-13(20(33)34-5)29-38(39,37-14-9-7-6-8-10-14)35-11-15-17(32)23(2,24)21(36-15)31-12-26-16-18(30(3)4)27-22(25)28-19(16)31/h6-10,12-13,15,17,21,32H,11H2,1-5H3,(H,29,39)(H2,25,27,28)/t13-,15-,17-,21-,23-,38+/m1/s1. The largest absolute Gasteiger partial charge is 0.468 e. The molecule has 4 N–H and O–H groups in total. The van der Waals surface area contributed by atoms with Crippen molar-refractivity contribution in [1.29, 1.82) is 0 Å². The van der Waals surface area contributed by atoms with Gasteiger partial charge in [-0.25, -0.2) is 14.5 Å². The van der Waals surface area contributed by atoms with Gasteiger partial charge in [-0.2, -0.15) is 9.97 Å². The highest BCUT2D eigenvalue weighted by Gasteiger charge is 2.56. The summed E-state index contributed by atoms with van der Waals surface area (Å²) in [5, 5.41) is 13.8. The molecule has 0 radical (unpaired) electrons. The number of ether oxygens (including phenoxy) is 2. The van der Waals surface area contributed by atoms with Crippen molar-refractivity contribution in [3.05, 3.63) is 36.7 Å². The van der Waals surface area contributed by atoms with Crippen LogP contribution in [-0.2, 0) is 30.6 Å². The molecule has 6 atom stereocenters. The summed E-state index contributed by atoms with van der Waals surface area (Å²) in [5.74, 6) is 0.227. The smallest absolute Gasteiger partial charge is 0.323 e. The van der Waals surface area contributed by atoms with Crippen LogP contribution < -0.4 is 20.2 Å². The van der Waals surface area contributed by atoms with Gasteiger partial charge in [-0.1, -0.05) is 18.2 Å². The molecule has 0 spiro atoms. The lowest BCUT2D eigenvalue weighted by atomic mass is 9.98. The SMILES string of the molecule is COC(=O)[C@@H](C)N[P@](=S)(OC[C@H]1O[C@@H](n2cnc3c(N(C)C)nc(N)nc32)[C@](C)(F)[C@@H]1O)Oc1ccccc1. The molecule has 1 aliphatic heterocycles. The van der Waals surface area contributed by atoms with Gasteiger partial charge in [0, 0.05) is 14.1 Å².